The maximum Gasteiger partial charge on any atom is 0.225 e. The number of carbonyl (C=O) groups is 2. The number of furan rings is 2. The lowest BCUT2D eigenvalue weighted by atomic mass is 10.0. The van der Waals surface area contributed by atoms with Gasteiger partial charge in [-0.2, -0.15) is 0 Å². The fraction of sp³-hybridized carbons (Fsp3) is 0.412. The molecule has 128 valence electrons. The molecule has 3 heterocycles. The maximum atomic E-state index is 12.3. The van der Waals surface area contributed by atoms with Crippen LogP contribution in [0, 0.1) is 5.92 Å². The van der Waals surface area contributed by atoms with Gasteiger partial charge in [0.15, 0.2) is 0 Å². The quantitative estimate of drug-likeness (QED) is 0.830. The maximum absolute atomic E-state index is 12.3. The summed E-state index contributed by atoms with van der Waals surface area (Å²) >= 11 is 0. The van der Waals surface area contributed by atoms with Crippen molar-refractivity contribution in [3.05, 3.63) is 48.3 Å². The highest BCUT2D eigenvalue weighted by atomic mass is 16.4. The molecular weight excluding hydrogens is 312 g/mol. The van der Waals surface area contributed by atoms with Crippen molar-refractivity contribution in [2.45, 2.75) is 25.5 Å². The molecule has 2 N–H and O–H groups in total. The van der Waals surface area contributed by atoms with Gasteiger partial charge in [0.1, 0.15) is 17.1 Å². The molecule has 2 atom stereocenters. The van der Waals surface area contributed by atoms with Crippen LogP contribution in [0.25, 0.3) is 0 Å². The van der Waals surface area contributed by atoms with E-state index in [1.54, 1.807) is 42.4 Å². The standard InChI is InChI=1S/C17H20N2O5/c1-17(22,14-5-3-7-24-14)11-18-16(21)12-8-15(20)19(9-12)10-13-4-2-6-23-13/h2-7,12,22H,8-11H2,1H3,(H,18,21). The van der Waals surface area contributed by atoms with Gasteiger partial charge in [0, 0.05) is 13.0 Å². The molecule has 0 saturated carbocycles. The third kappa shape index (κ3) is 3.51. The molecule has 1 aliphatic heterocycles. The zero-order valence-corrected chi connectivity index (χ0v) is 13.4. The molecule has 1 fully saturated rings. The van der Waals surface area contributed by atoms with Crippen LogP contribution in [0.5, 0.6) is 0 Å². The van der Waals surface area contributed by atoms with Crippen LogP contribution in [-0.4, -0.2) is 34.9 Å². The van der Waals surface area contributed by atoms with E-state index in [-0.39, 0.29) is 24.8 Å². The lowest BCUT2D eigenvalue weighted by Crippen LogP contribution is -2.41. The van der Waals surface area contributed by atoms with Crippen LogP contribution in [0.4, 0.5) is 0 Å². The molecule has 3 rings (SSSR count). The number of nitrogens with zero attached hydrogens (tertiary/aromatic N) is 1. The van der Waals surface area contributed by atoms with Crippen molar-refractivity contribution in [3.8, 4) is 0 Å². The lowest BCUT2D eigenvalue weighted by Gasteiger charge is -2.22. The van der Waals surface area contributed by atoms with Crippen LogP contribution in [0.1, 0.15) is 24.9 Å². The highest BCUT2D eigenvalue weighted by Crippen LogP contribution is 2.22. The number of aliphatic hydroxyl groups is 1. The SMILES string of the molecule is CC(O)(CNC(=O)C1CC(=O)N(Cc2ccco2)C1)c1ccco1. The number of carbonyl (C=O) groups excluding carboxylic acids is 2. The van der Waals surface area contributed by atoms with E-state index in [1.165, 1.54) is 6.26 Å². The smallest absolute Gasteiger partial charge is 0.225 e. The molecule has 1 saturated heterocycles. The monoisotopic (exact) mass is 332 g/mol. The van der Waals surface area contributed by atoms with Gasteiger partial charge in [-0.25, -0.2) is 0 Å². The Morgan fingerprint density at radius 1 is 1.38 bits per heavy atom. The van der Waals surface area contributed by atoms with Gasteiger partial charge < -0.3 is 24.2 Å². The predicted octanol–water partition coefficient (Wildman–Crippen LogP) is 1.24. The first-order valence-corrected chi connectivity index (χ1v) is 7.80. The Morgan fingerprint density at radius 3 is 2.79 bits per heavy atom. The Bertz CT molecular complexity index is 691. The summed E-state index contributed by atoms with van der Waals surface area (Å²) in [5, 5.41) is 13.0. The summed E-state index contributed by atoms with van der Waals surface area (Å²) in [6.07, 6.45) is 3.18. The first-order valence-electron chi connectivity index (χ1n) is 7.80. The van der Waals surface area contributed by atoms with Crippen molar-refractivity contribution >= 4 is 11.8 Å². The molecule has 2 unspecified atom stereocenters. The van der Waals surface area contributed by atoms with Gasteiger partial charge in [-0.1, -0.05) is 0 Å². The van der Waals surface area contributed by atoms with Crippen molar-refractivity contribution in [3.63, 3.8) is 0 Å². The molecule has 7 heteroatoms. The molecule has 2 amide bonds. The van der Waals surface area contributed by atoms with E-state index in [1.807, 2.05) is 0 Å². The summed E-state index contributed by atoms with van der Waals surface area (Å²) in [4.78, 5) is 25.9. The van der Waals surface area contributed by atoms with E-state index in [9.17, 15) is 14.7 Å². The zero-order chi connectivity index (χ0) is 17.2. The topological polar surface area (TPSA) is 95.9 Å². The van der Waals surface area contributed by atoms with Crippen molar-refractivity contribution in [1.29, 1.82) is 0 Å². The molecule has 0 bridgehead atoms. The minimum atomic E-state index is -1.30. The van der Waals surface area contributed by atoms with Crippen LogP contribution < -0.4 is 5.32 Å². The van der Waals surface area contributed by atoms with Crippen LogP contribution in [0.2, 0.25) is 0 Å². The van der Waals surface area contributed by atoms with Crippen molar-refractivity contribution in [2.24, 2.45) is 5.92 Å². The molecule has 2 aromatic rings. The predicted molar refractivity (Wildman–Crippen MR) is 83.5 cm³/mol. The number of nitrogens with one attached hydrogen (secondary N) is 1. The molecule has 1 aliphatic rings. The summed E-state index contributed by atoms with van der Waals surface area (Å²) in [6.45, 7) is 2.28. The first kappa shape index (κ1) is 16.3. The van der Waals surface area contributed by atoms with Gasteiger partial charge in [-0.15, -0.1) is 0 Å². The van der Waals surface area contributed by atoms with Gasteiger partial charge in [0.25, 0.3) is 0 Å². The molecule has 2 aromatic heterocycles. The lowest BCUT2D eigenvalue weighted by molar-refractivity contribution is -0.129. The minimum absolute atomic E-state index is 0.0161. The molecule has 24 heavy (non-hydrogen) atoms. The first-order chi connectivity index (χ1) is 11.5. The average molecular weight is 332 g/mol. The van der Waals surface area contributed by atoms with Crippen LogP contribution >= 0.6 is 0 Å². The summed E-state index contributed by atoms with van der Waals surface area (Å²) in [5.74, 6) is 0.302. The Kier molecular flexibility index (Phi) is 4.44. The highest BCUT2D eigenvalue weighted by molar-refractivity contribution is 5.89. The summed E-state index contributed by atoms with van der Waals surface area (Å²) in [6, 6.07) is 6.88. The summed E-state index contributed by atoms with van der Waals surface area (Å²) in [5.41, 5.74) is -1.30. The minimum Gasteiger partial charge on any atom is -0.467 e. The number of rotatable bonds is 6. The van der Waals surface area contributed by atoms with Crippen molar-refractivity contribution < 1.29 is 23.5 Å². The molecule has 7 nitrogen and oxygen atoms in total. The van der Waals surface area contributed by atoms with Gasteiger partial charge in [0.2, 0.25) is 11.8 Å². The molecular formula is C17H20N2O5. The number of likely N-dealkylation sites (tertiary alicyclic amines) is 1. The molecule has 0 aromatic carbocycles. The van der Waals surface area contributed by atoms with Gasteiger partial charge >= 0.3 is 0 Å². The van der Waals surface area contributed by atoms with Crippen LogP contribution in [0.3, 0.4) is 0 Å². The molecule has 0 spiro atoms. The third-order valence-corrected chi connectivity index (χ3v) is 4.17. The van der Waals surface area contributed by atoms with Gasteiger partial charge in [-0.3, -0.25) is 9.59 Å². The second kappa shape index (κ2) is 6.52. The van der Waals surface area contributed by atoms with E-state index in [0.717, 1.165) is 0 Å². The Hall–Kier alpha value is -2.54. The largest absolute Gasteiger partial charge is 0.467 e. The fourth-order valence-electron chi connectivity index (χ4n) is 2.77. The van der Waals surface area contributed by atoms with Crippen molar-refractivity contribution in [2.75, 3.05) is 13.1 Å². The van der Waals surface area contributed by atoms with E-state index < -0.39 is 11.5 Å². The van der Waals surface area contributed by atoms with E-state index in [4.69, 9.17) is 8.83 Å². The highest BCUT2D eigenvalue weighted by Gasteiger charge is 2.36. The normalized spacial score (nSPS) is 20.2. The third-order valence-electron chi connectivity index (χ3n) is 4.17. The summed E-state index contributed by atoms with van der Waals surface area (Å²) < 4.78 is 10.4. The Morgan fingerprint density at radius 2 is 2.12 bits per heavy atom. The van der Waals surface area contributed by atoms with E-state index in [0.29, 0.717) is 24.6 Å². The number of hydrogen-bond donors (Lipinski definition) is 2. The van der Waals surface area contributed by atoms with Crippen molar-refractivity contribution in [1.82, 2.24) is 10.2 Å². The molecule has 0 radical (unpaired) electrons. The number of amides is 2. The Labute approximate surface area is 139 Å². The Balaban J connectivity index is 1.53. The van der Waals surface area contributed by atoms with Gasteiger partial charge in [0.05, 0.1) is 31.5 Å². The van der Waals surface area contributed by atoms with Gasteiger partial charge in [-0.05, 0) is 31.2 Å². The average Bonchev–Trinajstić information content (AvgIpc) is 3.27. The second-order valence-corrected chi connectivity index (χ2v) is 6.22. The van der Waals surface area contributed by atoms with Crippen LogP contribution in [0.15, 0.2) is 45.6 Å². The second-order valence-electron chi connectivity index (χ2n) is 6.22. The van der Waals surface area contributed by atoms with E-state index in [2.05, 4.69) is 5.32 Å². The van der Waals surface area contributed by atoms with Crippen LogP contribution in [-0.2, 0) is 21.7 Å². The zero-order valence-electron chi connectivity index (χ0n) is 13.4. The number of hydrogen-bond acceptors (Lipinski definition) is 5. The fourth-order valence-corrected chi connectivity index (χ4v) is 2.77. The molecule has 0 aliphatic carbocycles. The van der Waals surface area contributed by atoms with E-state index >= 15 is 0 Å². The summed E-state index contributed by atoms with van der Waals surface area (Å²) in [7, 11) is 0.